The van der Waals surface area contributed by atoms with E-state index in [0.717, 1.165) is 67.4 Å². The number of hydrogen-bond acceptors (Lipinski definition) is 5. The molecule has 1 saturated heterocycles. The van der Waals surface area contributed by atoms with Crippen LogP contribution in [-0.4, -0.2) is 64.8 Å². The molecule has 2 aromatic heterocycles. The van der Waals surface area contributed by atoms with Crippen LogP contribution in [0.5, 0.6) is 0 Å². The molecule has 0 unspecified atom stereocenters. The van der Waals surface area contributed by atoms with Crippen molar-refractivity contribution >= 4 is 11.6 Å². The molecule has 3 heterocycles. The zero-order valence-electron chi connectivity index (χ0n) is 17.7. The van der Waals surface area contributed by atoms with Crippen LogP contribution < -0.4 is 5.32 Å². The molecular weight excluding hydrogens is 378 g/mol. The van der Waals surface area contributed by atoms with Crippen LogP contribution in [0.4, 0.5) is 0 Å². The standard InChI is InChI=1S/C23H29N5O2/c1-3-20-19(23(29)24-10-7-11-27-12-14-30-15-13-27)16-25-22-21(17(2)26-28(20)22)18-8-5-4-6-9-18/h4-6,8-9,16H,3,7,10-15H2,1-2H3,(H,24,29). The summed E-state index contributed by atoms with van der Waals surface area (Å²) in [4.78, 5) is 19.9. The van der Waals surface area contributed by atoms with Crippen molar-refractivity contribution in [2.75, 3.05) is 39.4 Å². The average molecular weight is 408 g/mol. The number of nitrogens with zero attached hydrogens (tertiary/aromatic N) is 4. The Morgan fingerprint density at radius 1 is 1.20 bits per heavy atom. The van der Waals surface area contributed by atoms with E-state index in [1.165, 1.54) is 0 Å². The Bertz CT molecular complexity index is 1010. The summed E-state index contributed by atoms with van der Waals surface area (Å²) < 4.78 is 7.21. The molecule has 7 heteroatoms. The van der Waals surface area contributed by atoms with Gasteiger partial charge < -0.3 is 10.1 Å². The highest BCUT2D eigenvalue weighted by atomic mass is 16.5. The molecule has 1 fully saturated rings. The zero-order chi connectivity index (χ0) is 20.9. The summed E-state index contributed by atoms with van der Waals surface area (Å²) >= 11 is 0. The number of nitrogens with one attached hydrogen (secondary N) is 1. The second-order valence-corrected chi connectivity index (χ2v) is 7.60. The Morgan fingerprint density at radius 3 is 2.70 bits per heavy atom. The van der Waals surface area contributed by atoms with Gasteiger partial charge in [0.15, 0.2) is 5.65 Å². The van der Waals surface area contributed by atoms with Crippen molar-refractivity contribution in [3.8, 4) is 11.1 Å². The summed E-state index contributed by atoms with van der Waals surface area (Å²) in [5, 5.41) is 7.77. The molecule has 3 aromatic rings. The van der Waals surface area contributed by atoms with Crippen LogP contribution in [0.15, 0.2) is 36.5 Å². The Morgan fingerprint density at radius 2 is 1.97 bits per heavy atom. The molecule has 0 spiro atoms. The number of fused-ring (bicyclic) bond motifs is 1. The number of ether oxygens (including phenoxy) is 1. The van der Waals surface area contributed by atoms with E-state index in [4.69, 9.17) is 9.84 Å². The maximum atomic E-state index is 12.9. The first-order valence-corrected chi connectivity index (χ1v) is 10.7. The number of rotatable bonds is 7. The number of amides is 1. The fraction of sp³-hybridized carbons (Fsp3) is 0.435. The predicted octanol–water partition coefficient (Wildman–Crippen LogP) is 2.72. The molecule has 7 nitrogen and oxygen atoms in total. The molecule has 0 saturated carbocycles. The minimum Gasteiger partial charge on any atom is -0.379 e. The van der Waals surface area contributed by atoms with Crippen molar-refractivity contribution in [1.82, 2.24) is 24.8 Å². The lowest BCUT2D eigenvalue weighted by Crippen LogP contribution is -2.38. The van der Waals surface area contributed by atoms with E-state index in [1.54, 1.807) is 6.20 Å². The van der Waals surface area contributed by atoms with Gasteiger partial charge in [0.1, 0.15) is 0 Å². The van der Waals surface area contributed by atoms with Crippen molar-refractivity contribution in [2.45, 2.75) is 26.7 Å². The van der Waals surface area contributed by atoms with Crippen molar-refractivity contribution in [3.63, 3.8) is 0 Å². The lowest BCUT2D eigenvalue weighted by Gasteiger charge is -2.26. The van der Waals surface area contributed by atoms with Crippen molar-refractivity contribution < 1.29 is 9.53 Å². The normalized spacial score (nSPS) is 14.9. The van der Waals surface area contributed by atoms with Crippen molar-refractivity contribution in [3.05, 3.63) is 53.5 Å². The van der Waals surface area contributed by atoms with E-state index in [-0.39, 0.29) is 5.91 Å². The minimum absolute atomic E-state index is 0.0855. The average Bonchev–Trinajstić information content (AvgIpc) is 3.13. The van der Waals surface area contributed by atoms with Gasteiger partial charge in [0.2, 0.25) is 0 Å². The molecule has 1 aromatic carbocycles. The number of morpholine rings is 1. The van der Waals surface area contributed by atoms with Gasteiger partial charge in [-0.05, 0) is 31.9 Å². The van der Waals surface area contributed by atoms with Crippen LogP contribution in [0.1, 0.15) is 35.1 Å². The highest BCUT2D eigenvalue weighted by Crippen LogP contribution is 2.28. The fourth-order valence-corrected chi connectivity index (χ4v) is 4.03. The molecular formula is C23H29N5O2. The summed E-state index contributed by atoms with van der Waals surface area (Å²) in [5.74, 6) is -0.0855. The molecule has 0 aliphatic carbocycles. The second kappa shape index (κ2) is 9.36. The molecule has 4 rings (SSSR count). The number of carbonyl (C=O) groups is 1. The topological polar surface area (TPSA) is 71.8 Å². The minimum atomic E-state index is -0.0855. The smallest absolute Gasteiger partial charge is 0.254 e. The molecule has 0 bridgehead atoms. The third-order valence-corrected chi connectivity index (χ3v) is 5.60. The first-order valence-electron chi connectivity index (χ1n) is 10.7. The van der Waals surface area contributed by atoms with E-state index in [9.17, 15) is 4.79 Å². The van der Waals surface area contributed by atoms with Crippen LogP contribution in [0.2, 0.25) is 0 Å². The Labute approximate surface area is 177 Å². The predicted molar refractivity (Wildman–Crippen MR) is 117 cm³/mol. The largest absolute Gasteiger partial charge is 0.379 e. The third-order valence-electron chi connectivity index (χ3n) is 5.60. The first kappa shape index (κ1) is 20.5. The molecule has 1 amide bonds. The van der Waals surface area contributed by atoms with Gasteiger partial charge in [0, 0.05) is 31.4 Å². The molecule has 1 N–H and O–H groups in total. The summed E-state index contributed by atoms with van der Waals surface area (Å²) in [6.45, 7) is 9.18. The molecule has 0 radical (unpaired) electrons. The number of carbonyl (C=O) groups excluding carboxylic acids is 1. The lowest BCUT2D eigenvalue weighted by molar-refractivity contribution is 0.0374. The van der Waals surface area contributed by atoms with Crippen LogP contribution in [0, 0.1) is 6.92 Å². The van der Waals surface area contributed by atoms with Gasteiger partial charge in [0.25, 0.3) is 5.91 Å². The van der Waals surface area contributed by atoms with Crippen molar-refractivity contribution in [2.24, 2.45) is 0 Å². The molecule has 0 atom stereocenters. The van der Waals surface area contributed by atoms with Gasteiger partial charge in [0.05, 0.1) is 30.2 Å². The van der Waals surface area contributed by atoms with Gasteiger partial charge in [-0.1, -0.05) is 37.3 Å². The third kappa shape index (κ3) is 4.22. The number of benzene rings is 1. The van der Waals surface area contributed by atoms with E-state index in [0.29, 0.717) is 18.5 Å². The first-order chi connectivity index (χ1) is 14.7. The Balaban J connectivity index is 1.51. The van der Waals surface area contributed by atoms with Gasteiger partial charge in [-0.15, -0.1) is 0 Å². The van der Waals surface area contributed by atoms with Gasteiger partial charge >= 0.3 is 0 Å². The maximum absolute atomic E-state index is 12.9. The number of hydrogen-bond donors (Lipinski definition) is 1. The van der Waals surface area contributed by atoms with Crippen LogP contribution in [-0.2, 0) is 11.2 Å². The fourth-order valence-electron chi connectivity index (χ4n) is 4.03. The van der Waals surface area contributed by atoms with Crippen LogP contribution in [0.25, 0.3) is 16.8 Å². The summed E-state index contributed by atoms with van der Waals surface area (Å²) in [6, 6.07) is 10.1. The Kier molecular flexibility index (Phi) is 6.40. The highest BCUT2D eigenvalue weighted by Gasteiger charge is 2.20. The maximum Gasteiger partial charge on any atom is 0.254 e. The number of aromatic nitrogens is 3. The molecule has 1 aliphatic rings. The molecule has 30 heavy (non-hydrogen) atoms. The van der Waals surface area contributed by atoms with Gasteiger partial charge in [-0.2, -0.15) is 5.10 Å². The zero-order valence-corrected chi connectivity index (χ0v) is 17.7. The summed E-state index contributed by atoms with van der Waals surface area (Å²) in [5.41, 5.74) is 5.28. The van der Waals surface area contributed by atoms with Gasteiger partial charge in [-0.3, -0.25) is 9.69 Å². The van der Waals surface area contributed by atoms with E-state index >= 15 is 0 Å². The SMILES string of the molecule is CCc1c(C(=O)NCCCN2CCOCC2)cnc2c(-c3ccccc3)c(C)nn12. The van der Waals surface area contributed by atoms with Crippen LogP contribution >= 0.6 is 0 Å². The van der Waals surface area contributed by atoms with E-state index in [1.807, 2.05) is 36.6 Å². The van der Waals surface area contributed by atoms with E-state index < -0.39 is 0 Å². The van der Waals surface area contributed by atoms with Crippen LogP contribution in [0.3, 0.4) is 0 Å². The van der Waals surface area contributed by atoms with E-state index in [2.05, 4.69) is 27.3 Å². The molecule has 1 aliphatic heterocycles. The second-order valence-electron chi connectivity index (χ2n) is 7.60. The Hall–Kier alpha value is -2.77. The highest BCUT2D eigenvalue weighted by molar-refractivity contribution is 5.95. The lowest BCUT2D eigenvalue weighted by atomic mass is 10.1. The summed E-state index contributed by atoms with van der Waals surface area (Å²) in [7, 11) is 0. The monoisotopic (exact) mass is 407 g/mol. The van der Waals surface area contributed by atoms with Crippen molar-refractivity contribution in [1.29, 1.82) is 0 Å². The molecule has 158 valence electrons. The van der Waals surface area contributed by atoms with Gasteiger partial charge in [-0.25, -0.2) is 9.50 Å². The summed E-state index contributed by atoms with van der Waals surface area (Å²) in [6.07, 6.45) is 3.31. The quantitative estimate of drug-likeness (QED) is 0.610. The number of aryl methyl sites for hydroxylation is 2.